The number of hydrogen-bond donors (Lipinski definition) is 1. The number of halogens is 1. The van der Waals surface area contributed by atoms with Crippen molar-refractivity contribution in [2.45, 2.75) is 13.0 Å². The van der Waals surface area contributed by atoms with Crippen LogP contribution in [0, 0.1) is 0 Å². The second-order valence-electron chi connectivity index (χ2n) is 6.86. The molecule has 1 aliphatic heterocycles. The average Bonchev–Trinajstić information content (AvgIpc) is 2.69. The zero-order valence-electron chi connectivity index (χ0n) is 16.0. The van der Waals surface area contributed by atoms with Gasteiger partial charge >= 0.3 is 5.97 Å². The first-order chi connectivity index (χ1) is 13.5. The predicted octanol–water partition coefficient (Wildman–Crippen LogP) is 3.28. The van der Waals surface area contributed by atoms with Gasteiger partial charge in [-0.2, -0.15) is 0 Å². The maximum atomic E-state index is 12.4. The molecule has 0 bridgehead atoms. The number of rotatable bonds is 5. The highest BCUT2D eigenvalue weighted by Gasteiger charge is 2.25. The van der Waals surface area contributed by atoms with Gasteiger partial charge in [0.15, 0.2) is 0 Å². The third kappa shape index (κ3) is 5.03. The summed E-state index contributed by atoms with van der Waals surface area (Å²) in [5.74, 6) is -0.388. The van der Waals surface area contributed by atoms with Gasteiger partial charge in [-0.05, 0) is 49.4 Å². The molecular weight excluding hydrogens is 378 g/mol. The Balaban J connectivity index is 1.54. The number of nitrogens with one attached hydrogen (secondary N) is 1. The molecule has 1 fully saturated rings. The first-order valence-electron chi connectivity index (χ1n) is 9.19. The van der Waals surface area contributed by atoms with Crippen LogP contribution >= 0.6 is 11.6 Å². The highest BCUT2D eigenvalue weighted by Crippen LogP contribution is 2.20. The number of hydrogen-bond acceptors (Lipinski definition) is 5. The van der Waals surface area contributed by atoms with Crippen LogP contribution in [0.15, 0.2) is 48.5 Å². The van der Waals surface area contributed by atoms with Gasteiger partial charge in [-0.15, -0.1) is 0 Å². The molecule has 1 N–H and O–H groups in total. The van der Waals surface area contributed by atoms with E-state index in [1.165, 1.54) is 7.11 Å². The van der Waals surface area contributed by atoms with Gasteiger partial charge in [-0.25, -0.2) is 4.79 Å². The normalized spacial score (nSPS) is 17.2. The summed E-state index contributed by atoms with van der Waals surface area (Å²) < 4.78 is 4.73. The lowest BCUT2D eigenvalue weighted by Gasteiger charge is -2.40. The molecule has 1 heterocycles. The zero-order chi connectivity index (χ0) is 20.1. The number of methoxy groups -OCH3 is 1. The van der Waals surface area contributed by atoms with Crippen LogP contribution in [0.5, 0.6) is 0 Å². The molecule has 6 nitrogen and oxygen atoms in total. The van der Waals surface area contributed by atoms with Crippen LogP contribution in [0.25, 0.3) is 0 Å². The van der Waals surface area contributed by atoms with Crippen molar-refractivity contribution in [3.63, 3.8) is 0 Å². The van der Waals surface area contributed by atoms with E-state index in [1.807, 2.05) is 24.3 Å². The first kappa shape index (κ1) is 20.2. The molecule has 3 rings (SSSR count). The number of anilines is 2. The van der Waals surface area contributed by atoms with Crippen molar-refractivity contribution < 1.29 is 14.3 Å². The molecular formula is C21H24ClN3O3. The summed E-state index contributed by atoms with van der Waals surface area (Å²) in [6.45, 7) is 4.85. The first-order valence-corrected chi connectivity index (χ1v) is 9.57. The maximum Gasteiger partial charge on any atom is 0.337 e. The quantitative estimate of drug-likeness (QED) is 0.779. The van der Waals surface area contributed by atoms with Crippen LogP contribution in [0.3, 0.4) is 0 Å². The minimum absolute atomic E-state index is 0.0509. The fraction of sp³-hybridized carbons (Fsp3) is 0.333. The highest BCUT2D eigenvalue weighted by atomic mass is 35.5. The van der Waals surface area contributed by atoms with Crippen molar-refractivity contribution >= 4 is 34.9 Å². The van der Waals surface area contributed by atoms with Crippen molar-refractivity contribution in [1.82, 2.24) is 4.90 Å². The van der Waals surface area contributed by atoms with Gasteiger partial charge in [0, 0.05) is 42.1 Å². The Morgan fingerprint density at radius 1 is 1.18 bits per heavy atom. The van der Waals surface area contributed by atoms with E-state index in [1.54, 1.807) is 24.3 Å². The Morgan fingerprint density at radius 3 is 2.57 bits per heavy atom. The predicted molar refractivity (Wildman–Crippen MR) is 111 cm³/mol. The van der Waals surface area contributed by atoms with E-state index in [-0.39, 0.29) is 17.9 Å². The third-order valence-corrected chi connectivity index (χ3v) is 5.11. The van der Waals surface area contributed by atoms with Gasteiger partial charge in [0.05, 0.1) is 19.2 Å². The van der Waals surface area contributed by atoms with Crippen LogP contribution in [0.2, 0.25) is 5.02 Å². The standard InChI is InChI=1S/C21H24ClN3O3/c1-15-13-25(19-8-6-16(7-9-19)21(27)28-2)11-10-24(15)14-20(26)23-18-5-3-4-17(22)12-18/h3-9,12,15H,10-11,13-14H2,1-2H3,(H,23,26). The van der Waals surface area contributed by atoms with Crippen molar-refractivity contribution in [2.24, 2.45) is 0 Å². The third-order valence-electron chi connectivity index (χ3n) is 4.87. The molecule has 0 radical (unpaired) electrons. The fourth-order valence-corrected chi connectivity index (χ4v) is 3.53. The zero-order valence-corrected chi connectivity index (χ0v) is 16.8. The summed E-state index contributed by atoms with van der Waals surface area (Å²) in [6.07, 6.45) is 0. The molecule has 1 aliphatic rings. The van der Waals surface area contributed by atoms with Crippen molar-refractivity contribution in [3.05, 3.63) is 59.1 Å². The molecule has 2 aromatic carbocycles. The topological polar surface area (TPSA) is 61.9 Å². The van der Waals surface area contributed by atoms with Gasteiger partial charge < -0.3 is 15.0 Å². The van der Waals surface area contributed by atoms with E-state index >= 15 is 0 Å². The van der Waals surface area contributed by atoms with Gasteiger partial charge in [-0.3, -0.25) is 9.69 Å². The Kier molecular flexibility index (Phi) is 6.54. The van der Waals surface area contributed by atoms with Crippen LogP contribution in [0.4, 0.5) is 11.4 Å². The molecule has 1 atom stereocenters. The number of ether oxygens (including phenoxy) is 1. The second kappa shape index (κ2) is 9.08. The molecule has 28 heavy (non-hydrogen) atoms. The lowest BCUT2D eigenvalue weighted by molar-refractivity contribution is -0.117. The number of amides is 1. The molecule has 0 spiro atoms. The Bertz CT molecular complexity index is 841. The van der Waals surface area contributed by atoms with Crippen LogP contribution < -0.4 is 10.2 Å². The lowest BCUT2D eigenvalue weighted by Crippen LogP contribution is -2.53. The maximum absolute atomic E-state index is 12.4. The van der Waals surface area contributed by atoms with Gasteiger partial charge in [0.25, 0.3) is 0 Å². The minimum atomic E-state index is -0.338. The van der Waals surface area contributed by atoms with E-state index in [2.05, 4.69) is 22.0 Å². The average molecular weight is 402 g/mol. The summed E-state index contributed by atoms with van der Waals surface area (Å²) in [5.41, 5.74) is 2.30. The van der Waals surface area contributed by atoms with Crippen molar-refractivity contribution in [1.29, 1.82) is 0 Å². The van der Waals surface area contributed by atoms with Crippen molar-refractivity contribution in [2.75, 3.05) is 43.5 Å². The highest BCUT2D eigenvalue weighted by molar-refractivity contribution is 6.30. The second-order valence-corrected chi connectivity index (χ2v) is 7.30. The van der Waals surface area contributed by atoms with E-state index in [9.17, 15) is 9.59 Å². The fourth-order valence-electron chi connectivity index (χ4n) is 3.34. The largest absolute Gasteiger partial charge is 0.465 e. The van der Waals surface area contributed by atoms with E-state index < -0.39 is 0 Å². The van der Waals surface area contributed by atoms with Gasteiger partial charge in [0.1, 0.15) is 0 Å². The van der Waals surface area contributed by atoms with E-state index in [4.69, 9.17) is 16.3 Å². The number of benzene rings is 2. The van der Waals surface area contributed by atoms with Crippen LogP contribution in [-0.2, 0) is 9.53 Å². The number of nitrogens with zero attached hydrogens (tertiary/aromatic N) is 2. The van der Waals surface area contributed by atoms with Crippen molar-refractivity contribution in [3.8, 4) is 0 Å². The molecule has 2 aromatic rings. The molecule has 1 unspecified atom stereocenters. The smallest absolute Gasteiger partial charge is 0.337 e. The van der Waals surface area contributed by atoms with E-state index in [0.29, 0.717) is 22.8 Å². The molecule has 148 valence electrons. The summed E-state index contributed by atoms with van der Waals surface area (Å²) in [5, 5.41) is 3.49. The summed E-state index contributed by atoms with van der Waals surface area (Å²) >= 11 is 5.96. The Labute approximate surface area is 170 Å². The molecule has 1 saturated heterocycles. The molecule has 7 heteroatoms. The number of carbonyl (C=O) groups is 2. The molecule has 0 aliphatic carbocycles. The molecule has 1 amide bonds. The lowest BCUT2D eigenvalue weighted by atomic mass is 10.1. The number of piperazine rings is 1. The number of carbonyl (C=O) groups excluding carboxylic acids is 2. The van der Waals surface area contributed by atoms with Gasteiger partial charge in [0.2, 0.25) is 5.91 Å². The van der Waals surface area contributed by atoms with E-state index in [0.717, 1.165) is 25.3 Å². The van der Waals surface area contributed by atoms with Crippen LogP contribution in [-0.4, -0.2) is 56.1 Å². The summed E-state index contributed by atoms with van der Waals surface area (Å²) in [7, 11) is 1.37. The Hall–Kier alpha value is -2.57. The summed E-state index contributed by atoms with van der Waals surface area (Å²) in [4.78, 5) is 28.4. The van der Waals surface area contributed by atoms with Crippen LogP contribution in [0.1, 0.15) is 17.3 Å². The summed E-state index contributed by atoms with van der Waals surface area (Å²) in [6, 6.07) is 14.8. The molecule has 0 saturated carbocycles. The molecule has 0 aromatic heterocycles. The minimum Gasteiger partial charge on any atom is -0.465 e. The monoisotopic (exact) mass is 401 g/mol. The van der Waals surface area contributed by atoms with Gasteiger partial charge in [-0.1, -0.05) is 17.7 Å². The number of esters is 1. The SMILES string of the molecule is COC(=O)c1ccc(N2CCN(CC(=O)Nc3cccc(Cl)c3)C(C)C2)cc1. The Morgan fingerprint density at radius 2 is 1.93 bits per heavy atom.